The van der Waals surface area contributed by atoms with Crippen LogP contribution in [0.1, 0.15) is 33.0 Å². The maximum Gasteiger partial charge on any atom is 0.321 e. The highest BCUT2D eigenvalue weighted by Crippen LogP contribution is 2.15. The van der Waals surface area contributed by atoms with Crippen molar-refractivity contribution in [2.24, 2.45) is 0 Å². The molecule has 0 radical (unpaired) electrons. The number of aromatic nitrogens is 2. The lowest BCUT2D eigenvalue weighted by Gasteiger charge is -1.99. The van der Waals surface area contributed by atoms with Crippen LogP contribution in [0, 0.1) is 0 Å². The molecule has 0 bridgehead atoms. The average molecular weight is 215 g/mol. The molecule has 0 aromatic carbocycles. The molecule has 0 spiro atoms. The standard InChI is InChI=1S/C9H17N3OS/c1-4-5-10-9-11-8(12-13-9)6-14-7(2)3/h7H,4-6H2,1-3H3,(H,10,11,12). The van der Waals surface area contributed by atoms with Crippen molar-refractivity contribution in [3.05, 3.63) is 5.82 Å². The summed E-state index contributed by atoms with van der Waals surface area (Å²) in [5, 5.41) is 7.52. The predicted molar refractivity (Wildman–Crippen MR) is 59.5 cm³/mol. The Labute approximate surface area is 88.8 Å². The van der Waals surface area contributed by atoms with Crippen LogP contribution < -0.4 is 5.32 Å². The molecule has 80 valence electrons. The fraction of sp³-hybridized carbons (Fsp3) is 0.778. The van der Waals surface area contributed by atoms with Crippen LogP contribution in [0.3, 0.4) is 0 Å². The zero-order valence-corrected chi connectivity index (χ0v) is 9.73. The molecule has 0 aliphatic heterocycles. The van der Waals surface area contributed by atoms with Gasteiger partial charge in [-0.2, -0.15) is 16.7 Å². The third-order valence-corrected chi connectivity index (χ3v) is 2.63. The Morgan fingerprint density at radius 2 is 2.29 bits per heavy atom. The minimum absolute atomic E-state index is 0.534. The summed E-state index contributed by atoms with van der Waals surface area (Å²) < 4.78 is 5.01. The first kappa shape index (κ1) is 11.4. The number of nitrogens with one attached hydrogen (secondary N) is 1. The molecule has 0 fully saturated rings. The number of hydrogen-bond acceptors (Lipinski definition) is 5. The summed E-state index contributed by atoms with van der Waals surface area (Å²) in [6.07, 6.45) is 1.05. The lowest BCUT2D eigenvalue weighted by molar-refractivity contribution is 0.425. The normalized spacial score (nSPS) is 10.9. The molecule has 0 saturated heterocycles. The third kappa shape index (κ3) is 4.00. The molecule has 0 saturated carbocycles. The summed E-state index contributed by atoms with van der Waals surface area (Å²) >= 11 is 1.81. The van der Waals surface area contributed by atoms with Crippen molar-refractivity contribution in [1.82, 2.24) is 10.1 Å². The molecule has 0 unspecified atom stereocenters. The number of rotatable bonds is 6. The van der Waals surface area contributed by atoms with Gasteiger partial charge >= 0.3 is 6.01 Å². The first-order valence-electron chi connectivity index (χ1n) is 4.90. The SMILES string of the molecule is CCCNc1nc(CSC(C)C)no1. The maximum absolute atomic E-state index is 5.01. The molecule has 1 N–H and O–H groups in total. The van der Waals surface area contributed by atoms with E-state index in [4.69, 9.17) is 4.52 Å². The van der Waals surface area contributed by atoms with Crippen molar-refractivity contribution >= 4 is 17.8 Å². The van der Waals surface area contributed by atoms with Gasteiger partial charge in [0, 0.05) is 6.54 Å². The molecule has 1 heterocycles. The minimum atomic E-state index is 0.534. The quantitative estimate of drug-likeness (QED) is 0.790. The van der Waals surface area contributed by atoms with Gasteiger partial charge in [0.15, 0.2) is 5.82 Å². The molecule has 1 rings (SSSR count). The minimum Gasteiger partial charge on any atom is -0.338 e. The molecule has 1 aromatic rings. The van der Waals surface area contributed by atoms with E-state index in [1.54, 1.807) is 0 Å². The van der Waals surface area contributed by atoms with E-state index in [2.05, 4.69) is 36.2 Å². The summed E-state index contributed by atoms with van der Waals surface area (Å²) in [5.41, 5.74) is 0. The highest BCUT2D eigenvalue weighted by molar-refractivity contribution is 7.99. The van der Waals surface area contributed by atoms with E-state index >= 15 is 0 Å². The average Bonchev–Trinajstić information content (AvgIpc) is 2.59. The van der Waals surface area contributed by atoms with Crippen LogP contribution in [-0.2, 0) is 5.75 Å². The Hall–Kier alpha value is -0.710. The summed E-state index contributed by atoms with van der Waals surface area (Å²) in [4.78, 5) is 4.21. The second-order valence-corrected chi connectivity index (χ2v) is 4.87. The van der Waals surface area contributed by atoms with Gasteiger partial charge in [-0.25, -0.2) is 0 Å². The lowest BCUT2D eigenvalue weighted by Crippen LogP contribution is -1.99. The summed E-state index contributed by atoms with van der Waals surface area (Å²) in [5.74, 6) is 1.58. The fourth-order valence-corrected chi connectivity index (χ4v) is 1.46. The van der Waals surface area contributed by atoms with Crippen molar-refractivity contribution in [1.29, 1.82) is 0 Å². The van der Waals surface area contributed by atoms with Crippen LogP contribution in [0.4, 0.5) is 6.01 Å². The van der Waals surface area contributed by atoms with Crippen molar-refractivity contribution in [2.45, 2.75) is 38.2 Å². The second kappa shape index (κ2) is 5.90. The topological polar surface area (TPSA) is 51.0 Å². The van der Waals surface area contributed by atoms with Crippen LogP contribution in [0.5, 0.6) is 0 Å². The number of anilines is 1. The lowest BCUT2D eigenvalue weighted by atomic mass is 10.5. The fourth-order valence-electron chi connectivity index (χ4n) is 0.858. The van der Waals surface area contributed by atoms with E-state index in [-0.39, 0.29) is 0 Å². The largest absolute Gasteiger partial charge is 0.338 e. The molecular formula is C9H17N3OS. The number of thioether (sulfide) groups is 1. The molecule has 0 aliphatic rings. The molecule has 0 amide bonds. The van der Waals surface area contributed by atoms with E-state index in [0.717, 1.165) is 24.5 Å². The van der Waals surface area contributed by atoms with Gasteiger partial charge in [0.1, 0.15) is 0 Å². The number of hydrogen-bond donors (Lipinski definition) is 1. The first-order chi connectivity index (χ1) is 6.72. The summed E-state index contributed by atoms with van der Waals surface area (Å²) in [6, 6.07) is 0.534. The van der Waals surface area contributed by atoms with Crippen molar-refractivity contribution in [3.8, 4) is 0 Å². The maximum atomic E-state index is 5.01. The Morgan fingerprint density at radius 1 is 1.50 bits per heavy atom. The summed E-state index contributed by atoms with van der Waals surface area (Å²) in [6.45, 7) is 7.28. The highest BCUT2D eigenvalue weighted by Gasteiger charge is 2.05. The van der Waals surface area contributed by atoms with E-state index in [0.29, 0.717) is 11.3 Å². The molecular weight excluding hydrogens is 198 g/mol. The van der Waals surface area contributed by atoms with Crippen molar-refractivity contribution in [3.63, 3.8) is 0 Å². The van der Waals surface area contributed by atoms with Gasteiger partial charge in [-0.1, -0.05) is 25.9 Å². The zero-order valence-electron chi connectivity index (χ0n) is 8.91. The molecule has 4 nitrogen and oxygen atoms in total. The van der Waals surface area contributed by atoms with Crippen LogP contribution >= 0.6 is 11.8 Å². The van der Waals surface area contributed by atoms with Crippen LogP contribution in [-0.4, -0.2) is 21.9 Å². The molecule has 1 aromatic heterocycles. The predicted octanol–water partition coefficient (Wildman–Crippen LogP) is 2.53. The molecule has 0 aliphatic carbocycles. The van der Waals surface area contributed by atoms with E-state index in [1.807, 2.05) is 11.8 Å². The van der Waals surface area contributed by atoms with Crippen LogP contribution in [0.2, 0.25) is 0 Å². The van der Waals surface area contributed by atoms with Gasteiger partial charge in [-0.05, 0) is 11.7 Å². The monoisotopic (exact) mass is 215 g/mol. The van der Waals surface area contributed by atoms with Gasteiger partial charge in [-0.15, -0.1) is 0 Å². The number of nitrogens with zero attached hydrogens (tertiary/aromatic N) is 2. The Bertz CT molecular complexity index is 262. The van der Waals surface area contributed by atoms with E-state index < -0.39 is 0 Å². The van der Waals surface area contributed by atoms with Crippen LogP contribution in [0.25, 0.3) is 0 Å². The van der Waals surface area contributed by atoms with Gasteiger partial charge in [0.2, 0.25) is 0 Å². The third-order valence-electron chi connectivity index (χ3n) is 1.54. The molecule has 0 atom stereocenters. The summed E-state index contributed by atoms with van der Waals surface area (Å²) in [7, 11) is 0. The van der Waals surface area contributed by atoms with Crippen LogP contribution in [0.15, 0.2) is 4.52 Å². The van der Waals surface area contributed by atoms with E-state index in [9.17, 15) is 0 Å². The molecule has 14 heavy (non-hydrogen) atoms. The second-order valence-electron chi connectivity index (χ2n) is 3.30. The zero-order chi connectivity index (χ0) is 10.4. The Balaban J connectivity index is 2.35. The highest BCUT2D eigenvalue weighted by atomic mass is 32.2. The van der Waals surface area contributed by atoms with Gasteiger partial charge in [0.05, 0.1) is 5.75 Å². The molecule has 5 heteroatoms. The smallest absolute Gasteiger partial charge is 0.321 e. The van der Waals surface area contributed by atoms with E-state index in [1.165, 1.54) is 0 Å². The van der Waals surface area contributed by atoms with Gasteiger partial charge in [0.25, 0.3) is 0 Å². The van der Waals surface area contributed by atoms with Gasteiger partial charge < -0.3 is 9.84 Å². The first-order valence-corrected chi connectivity index (χ1v) is 5.95. The van der Waals surface area contributed by atoms with Gasteiger partial charge in [-0.3, -0.25) is 0 Å². The Kier molecular flexibility index (Phi) is 4.79. The Morgan fingerprint density at radius 3 is 2.93 bits per heavy atom. The van der Waals surface area contributed by atoms with Crippen molar-refractivity contribution in [2.75, 3.05) is 11.9 Å². The van der Waals surface area contributed by atoms with Crippen molar-refractivity contribution < 1.29 is 4.52 Å².